The molecule has 1 fully saturated rings. The number of likely N-dealkylation sites (tertiary alicyclic amines) is 1. The number of amides is 1. The summed E-state index contributed by atoms with van der Waals surface area (Å²) in [5.74, 6) is 0.173. The molecule has 4 rings (SSSR count). The summed E-state index contributed by atoms with van der Waals surface area (Å²) >= 11 is 6.17. The van der Waals surface area contributed by atoms with Crippen LogP contribution in [0.1, 0.15) is 42.1 Å². The fraction of sp³-hybridized carbons (Fsp3) is 0.364. The summed E-state index contributed by atoms with van der Waals surface area (Å²) in [5.41, 5.74) is 5.90. The minimum atomic E-state index is -0.286. The van der Waals surface area contributed by atoms with Gasteiger partial charge in [-0.2, -0.15) is 0 Å². The summed E-state index contributed by atoms with van der Waals surface area (Å²) in [5, 5.41) is 20.5. The smallest absolute Gasteiger partial charge is 0.409 e. The molecule has 0 saturated carbocycles. The first kappa shape index (κ1) is 19.6. The number of aromatic nitrogens is 1. The van der Waals surface area contributed by atoms with Gasteiger partial charge < -0.3 is 19.8 Å². The SMILES string of the molecule is CCOC(=O)N1CCC(=C2c3cc(O)c(Cl)cc3CCc3cc(O)cnc32)CC1. The van der Waals surface area contributed by atoms with Crippen molar-refractivity contribution in [2.75, 3.05) is 19.7 Å². The van der Waals surface area contributed by atoms with Gasteiger partial charge in [0, 0.05) is 18.7 Å². The lowest BCUT2D eigenvalue weighted by Crippen LogP contribution is -2.37. The second-order valence-corrected chi connectivity index (χ2v) is 7.73. The number of benzene rings is 1. The first-order valence-corrected chi connectivity index (χ1v) is 10.2. The molecule has 152 valence electrons. The Labute approximate surface area is 174 Å². The topological polar surface area (TPSA) is 82.9 Å². The molecule has 6 nitrogen and oxygen atoms in total. The molecule has 2 N–H and O–H groups in total. The zero-order chi connectivity index (χ0) is 20.5. The van der Waals surface area contributed by atoms with E-state index in [4.69, 9.17) is 16.3 Å². The number of halogens is 1. The molecule has 0 radical (unpaired) electrons. The summed E-state index contributed by atoms with van der Waals surface area (Å²) in [7, 11) is 0. The third-order valence-electron chi connectivity index (χ3n) is 5.54. The van der Waals surface area contributed by atoms with Crippen molar-refractivity contribution < 1.29 is 19.7 Å². The van der Waals surface area contributed by atoms with E-state index in [1.165, 1.54) is 11.8 Å². The van der Waals surface area contributed by atoms with Crippen molar-refractivity contribution in [2.24, 2.45) is 0 Å². The molecule has 1 aromatic heterocycles. The Hall–Kier alpha value is -2.73. The maximum atomic E-state index is 12.1. The fourth-order valence-corrected chi connectivity index (χ4v) is 4.32. The summed E-state index contributed by atoms with van der Waals surface area (Å²) in [6.07, 6.45) is 4.01. The van der Waals surface area contributed by atoms with Gasteiger partial charge in [0.05, 0.1) is 23.5 Å². The molecule has 0 atom stereocenters. The van der Waals surface area contributed by atoms with E-state index in [1.54, 1.807) is 24.0 Å². The average molecular weight is 415 g/mol. The first-order valence-electron chi connectivity index (χ1n) is 9.81. The molecule has 7 heteroatoms. The van der Waals surface area contributed by atoms with Gasteiger partial charge in [0.1, 0.15) is 11.5 Å². The predicted molar refractivity (Wildman–Crippen MR) is 110 cm³/mol. The molecule has 0 bridgehead atoms. The number of phenolic OH excluding ortho intramolecular Hbond substituents is 1. The van der Waals surface area contributed by atoms with Gasteiger partial charge in [-0.1, -0.05) is 17.2 Å². The molecule has 2 aliphatic rings. The number of hydrogen-bond acceptors (Lipinski definition) is 5. The van der Waals surface area contributed by atoms with Gasteiger partial charge in [0.2, 0.25) is 0 Å². The van der Waals surface area contributed by atoms with E-state index < -0.39 is 0 Å². The molecular weight excluding hydrogens is 392 g/mol. The van der Waals surface area contributed by atoms with E-state index in [0.717, 1.165) is 40.8 Å². The van der Waals surface area contributed by atoms with Crippen LogP contribution in [0.2, 0.25) is 5.02 Å². The fourth-order valence-electron chi connectivity index (χ4n) is 4.13. The number of piperidine rings is 1. The average Bonchev–Trinajstić information content (AvgIpc) is 2.85. The molecule has 29 heavy (non-hydrogen) atoms. The molecule has 2 heterocycles. The Balaban J connectivity index is 1.81. The van der Waals surface area contributed by atoms with Crippen LogP contribution in [-0.2, 0) is 17.6 Å². The molecule has 1 aliphatic heterocycles. The highest BCUT2D eigenvalue weighted by Crippen LogP contribution is 2.41. The number of carbonyl (C=O) groups excluding carboxylic acids is 1. The lowest BCUT2D eigenvalue weighted by Gasteiger charge is -2.29. The Morgan fingerprint density at radius 1 is 1.14 bits per heavy atom. The first-order chi connectivity index (χ1) is 14.0. The maximum absolute atomic E-state index is 12.1. The van der Waals surface area contributed by atoms with E-state index in [2.05, 4.69) is 4.98 Å². The number of phenols is 1. The molecule has 0 spiro atoms. The number of hydrogen-bond donors (Lipinski definition) is 2. The van der Waals surface area contributed by atoms with Gasteiger partial charge in [0.25, 0.3) is 0 Å². The number of rotatable bonds is 1. The van der Waals surface area contributed by atoms with E-state index in [1.807, 2.05) is 6.07 Å². The Bertz CT molecular complexity index is 993. The second-order valence-electron chi connectivity index (χ2n) is 7.33. The highest BCUT2D eigenvalue weighted by Gasteiger charge is 2.27. The highest BCUT2D eigenvalue weighted by molar-refractivity contribution is 6.32. The van der Waals surface area contributed by atoms with Crippen LogP contribution in [0, 0.1) is 0 Å². The van der Waals surface area contributed by atoms with Gasteiger partial charge in [-0.05, 0) is 67.5 Å². The van der Waals surface area contributed by atoms with Crippen molar-refractivity contribution in [1.29, 1.82) is 0 Å². The van der Waals surface area contributed by atoms with E-state index in [0.29, 0.717) is 37.6 Å². The lowest BCUT2D eigenvalue weighted by atomic mass is 9.88. The van der Waals surface area contributed by atoms with Gasteiger partial charge in [0.15, 0.2) is 0 Å². The van der Waals surface area contributed by atoms with Crippen molar-refractivity contribution in [3.05, 3.63) is 57.4 Å². The van der Waals surface area contributed by atoms with Crippen LogP contribution in [0.5, 0.6) is 11.5 Å². The quantitative estimate of drug-likeness (QED) is 0.727. The maximum Gasteiger partial charge on any atom is 0.409 e. The second kappa shape index (κ2) is 7.95. The van der Waals surface area contributed by atoms with Crippen LogP contribution in [0.15, 0.2) is 30.0 Å². The monoisotopic (exact) mass is 414 g/mol. The molecule has 1 aromatic carbocycles. The van der Waals surface area contributed by atoms with Crippen LogP contribution in [0.3, 0.4) is 0 Å². The standard InChI is InChI=1S/C22H23ClN2O4/c1-2-29-22(28)25-7-5-13(6-8-25)20-17-11-19(27)18(23)10-14(17)3-4-15-9-16(26)12-24-21(15)20/h9-12,26-27H,2-8H2,1H3. The van der Waals surface area contributed by atoms with Crippen molar-refractivity contribution in [3.63, 3.8) is 0 Å². The van der Waals surface area contributed by atoms with Crippen molar-refractivity contribution in [2.45, 2.75) is 32.6 Å². The van der Waals surface area contributed by atoms with Crippen molar-refractivity contribution in [3.8, 4) is 11.5 Å². The summed E-state index contributed by atoms with van der Waals surface area (Å²) < 4.78 is 5.12. The van der Waals surface area contributed by atoms with Crippen LogP contribution >= 0.6 is 11.6 Å². The molecule has 2 aromatic rings. The number of nitrogens with zero attached hydrogens (tertiary/aromatic N) is 2. The Kier molecular flexibility index (Phi) is 5.37. The summed E-state index contributed by atoms with van der Waals surface area (Å²) in [4.78, 5) is 18.3. The van der Waals surface area contributed by atoms with Crippen LogP contribution < -0.4 is 0 Å². The number of pyridine rings is 1. The van der Waals surface area contributed by atoms with Crippen LogP contribution in [-0.4, -0.2) is 45.9 Å². The Morgan fingerprint density at radius 3 is 2.59 bits per heavy atom. The largest absolute Gasteiger partial charge is 0.506 e. The number of fused-ring (bicyclic) bond motifs is 2. The summed E-state index contributed by atoms with van der Waals surface area (Å²) in [6, 6.07) is 5.28. The predicted octanol–water partition coefficient (Wildman–Crippen LogP) is 4.30. The van der Waals surface area contributed by atoms with Crippen LogP contribution in [0.25, 0.3) is 5.57 Å². The number of aromatic hydroxyl groups is 2. The number of ether oxygens (including phenoxy) is 1. The zero-order valence-electron chi connectivity index (χ0n) is 16.2. The molecule has 1 amide bonds. The number of carbonyl (C=O) groups is 1. The van der Waals surface area contributed by atoms with Gasteiger partial charge in [-0.25, -0.2) is 4.79 Å². The third-order valence-corrected chi connectivity index (χ3v) is 5.84. The zero-order valence-corrected chi connectivity index (χ0v) is 17.0. The van der Waals surface area contributed by atoms with Crippen LogP contribution in [0.4, 0.5) is 4.79 Å². The van der Waals surface area contributed by atoms with Crippen molar-refractivity contribution >= 4 is 23.3 Å². The normalized spacial score (nSPS) is 16.1. The minimum absolute atomic E-state index is 0.0368. The van der Waals surface area contributed by atoms with E-state index in [9.17, 15) is 15.0 Å². The minimum Gasteiger partial charge on any atom is -0.506 e. The molecule has 1 aliphatic carbocycles. The van der Waals surface area contributed by atoms with E-state index >= 15 is 0 Å². The highest BCUT2D eigenvalue weighted by atomic mass is 35.5. The Morgan fingerprint density at radius 2 is 1.86 bits per heavy atom. The molecule has 0 unspecified atom stereocenters. The van der Waals surface area contributed by atoms with Crippen molar-refractivity contribution in [1.82, 2.24) is 9.88 Å². The summed E-state index contributed by atoms with van der Waals surface area (Å²) in [6.45, 7) is 3.30. The third kappa shape index (κ3) is 3.77. The molecule has 1 saturated heterocycles. The van der Waals surface area contributed by atoms with Gasteiger partial charge >= 0.3 is 6.09 Å². The lowest BCUT2D eigenvalue weighted by molar-refractivity contribution is 0.104. The van der Waals surface area contributed by atoms with Gasteiger partial charge in [-0.15, -0.1) is 0 Å². The number of aryl methyl sites for hydroxylation is 2. The molecular formula is C22H23ClN2O4. The van der Waals surface area contributed by atoms with Gasteiger partial charge in [-0.3, -0.25) is 4.98 Å². The van der Waals surface area contributed by atoms with E-state index in [-0.39, 0.29) is 17.6 Å².